The molecule has 1 aliphatic heterocycles. The van der Waals surface area contributed by atoms with Crippen molar-refractivity contribution in [2.75, 3.05) is 0 Å². The van der Waals surface area contributed by atoms with E-state index >= 15 is 0 Å². The highest BCUT2D eigenvalue weighted by Crippen LogP contribution is 2.33. The van der Waals surface area contributed by atoms with Gasteiger partial charge in [0.05, 0.1) is 6.10 Å². The molecule has 16 heavy (non-hydrogen) atoms. The van der Waals surface area contributed by atoms with E-state index in [1.54, 1.807) is 0 Å². The molecule has 1 fully saturated rings. The Morgan fingerprint density at radius 2 is 2.31 bits per heavy atom. The Bertz CT molecular complexity index is 477. The quantitative estimate of drug-likeness (QED) is 0.810. The highest BCUT2D eigenvalue weighted by Gasteiger charge is 2.32. The minimum Gasteiger partial charge on any atom is -0.354 e. The van der Waals surface area contributed by atoms with Crippen LogP contribution < -0.4 is 11.2 Å². The molecule has 0 amide bonds. The molecule has 0 spiro atoms. The van der Waals surface area contributed by atoms with Gasteiger partial charge >= 0.3 is 5.69 Å². The molecule has 0 saturated carbocycles. The van der Waals surface area contributed by atoms with Crippen molar-refractivity contribution in [3.63, 3.8) is 0 Å². The molecule has 0 bridgehead atoms. The van der Waals surface area contributed by atoms with Crippen LogP contribution in [-0.2, 0) is 4.74 Å². The number of H-pyrrole nitrogens is 1. The molecule has 0 aromatic carbocycles. The van der Waals surface area contributed by atoms with Crippen LogP contribution in [0.2, 0.25) is 0 Å². The lowest BCUT2D eigenvalue weighted by Gasteiger charge is -2.17. The summed E-state index contributed by atoms with van der Waals surface area (Å²) in [6.07, 6.45) is 3.35. The maximum absolute atomic E-state index is 11.6. The molecule has 2 unspecified atom stereocenters. The molecule has 0 radical (unpaired) electrons. The summed E-state index contributed by atoms with van der Waals surface area (Å²) in [5, 5.41) is 0. The Balaban J connectivity index is 2.31. The number of ether oxygens (including phenoxy) is 1. The van der Waals surface area contributed by atoms with Crippen molar-refractivity contribution in [2.45, 2.75) is 39.0 Å². The first-order chi connectivity index (χ1) is 7.61. The fourth-order valence-electron chi connectivity index (χ4n) is 2.15. The summed E-state index contributed by atoms with van der Waals surface area (Å²) in [4.78, 5) is 24.8. The summed E-state index contributed by atoms with van der Waals surface area (Å²) >= 11 is 0. The first-order valence-corrected chi connectivity index (χ1v) is 5.58. The summed E-state index contributed by atoms with van der Waals surface area (Å²) in [6, 6.07) is 1.34. The zero-order valence-electron chi connectivity index (χ0n) is 9.47. The fraction of sp³-hybridized carbons (Fsp3) is 0.636. The zero-order valence-corrected chi connectivity index (χ0v) is 9.47. The Kier molecular flexibility index (Phi) is 2.96. The number of aromatic nitrogens is 2. The van der Waals surface area contributed by atoms with Gasteiger partial charge in [0.1, 0.15) is 6.23 Å². The lowest BCUT2D eigenvalue weighted by Crippen LogP contribution is -2.33. The Morgan fingerprint density at radius 1 is 1.56 bits per heavy atom. The van der Waals surface area contributed by atoms with Crippen LogP contribution in [0.1, 0.15) is 32.9 Å². The van der Waals surface area contributed by atoms with E-state index in [0.29, 0.717) is 0 Å². The van der Waals surface area contributed by atoms with Gasteiger partial charge in [0.2, 0.25) is 0 Å². The molecule has 3 atom stereocenters. The van der Waals surface area contributed by atoms with Gasteiger partial charge in [0.15, 0.2) is 0 Å². The highest BCUT2D eigenvalue weighted by atomic mass is 16.5. The predicted octanol–water partition coefficient (Wildman–Crippen LogP) is 0.870. The number of nitrogens with zero attached hydrogens (tertiary/aromatic N) is 1. The number of hydrogen-bond acceptors (Lipinski definition) is 3. The minimum absolute atomic E-state index is 0.207. The summed E-state index contributed by atoms with van der Waals surface area (Å²) in [5.41, 5.74) is -0.778. The molecule has 1 saturated heterocycles. The number of rotatable bonds is 2. The topological polar surface area (TPSA) is 64.1 Å². The van der Waals surface area contributed by atoms with Crippen molar-refractivity contribution in [3.05, 3.63) is 33.1 Å². The van der Waals surface area contributed by atoms with Gasteiger partial charge in [-0.3, -0.25) is 14.3 Å². The SMILES string of the molecule is CCC1C[C@H](C)C(n2ccc(=O)[nH]c2=O)O1. The summed E-state index contributed by atoms with van der Waals surface area (Å²) in [6.45, 7) is 4.12. The van der Waals surface area contributed by atoms with Crippen LogP contribution in [0.5, 0.6) is 0 Å². The average Bonchev–Trinajstić information content (AvgIpc) is 2.60. The van der Waals surface area contributed by atoms with Crippen LogP contribution in [0, 0.1) is 5.92 Å². The molecule has 1 aromatic heterocycles. The molecular weight excluding hydrogens is 208 g/mol. The lowest BCUT2D eigenvalue weighted by molar-refractivity contribution is -0.0142. The van der Waals surface area contributed by atoms with Gasteiger partial charge in [-0.2, -0.15) is 0 Å². The van der Waals surface area contributed by atoms with Crippen molar-refractivity contribution < 1.29 is 4.74 Å². The van der Waals surface area contributed by atoms with Crippen LogP contribution in [-0.4, -0.2) is 15.7 Å². The van der Waals surface area contributed by atoms with Crippen molar-refractivity contribution in [2.24, 2.45) is 5.92 Å². The van der Waals surface area contributed by atoms with Crippen molar-refractivity contribution >= 4 is 0 Å². The summed E-state index contributed by atoms with van der Waals surface area (Å²) in [5.74, 6) is 0.286. The van der Waals surface area contributed by atoms with Crippen LogP contribution in [0.4, 0.5) is 0 Å². The van der Waals surface area contributed by atoms with E-state index in [4.69, 9.17) is 4.74 Å². The molecule has 2 heterocycles. The maximum atomic E-state index is 11.6. The third-order valence-electron chi connectivity index (χ3n) is 3.03. The molecule has 0 aliphatic carbocycles. The van der Waals surface area contributed by atoms with Crippen LogP contribution in [0.25, 0.3) is 0 Å². The third kappa shape index (κ3) is 1.95. The largest absolute Gasteiger partial charge is 0.354 e. The standard InChI is InChI=1S/C11H16N2O3/c1-3-8-6-7(2)10(16-8)13-5-4-9(14)12-11(13)15/h4-5,7-8,10H,3,6H2,1-2H3,(H,12,14,15)/t7-,8?,10?/m0/s1. The van der Waals surface area contributed by atoms with Gasteiger partial charge in [-0.25, -0.2) is 4.79 Å². The molecule has 2 rings (SSSR count). The fourth-order valence-corrected chi connectivity index (χ4v) is 2.15. The predicted molar refractivity (Wildman–Crippen MR) is 59.3 cm³/mol. The average molecular weight is 224 g/mol. The Morgan fingerprint density at radius 3 is 2.88 bits per heavy atom. The van der Waals surface area contributed by atoms with Crippen LogP contribution in [0.3, 0.4) is 0 Å². The molecule has 88 valence electrons. The molecule has 5 heteroatoms. The van der Waals surface area contributed by atoms with Gasteiger partial charge in [0.25, 0.3) is 5.56 Å². The van der Waals surface area contributed by atoms with Crippen molar-refractivity contribution in [1.29, 1.82) is 0 Å². The minimum atomic E-state index is -0.402. The summed E-state index contributed by atoms with van der Waals surface area (Å²) in [7, 11) is 0. The van der Waals surface area contributed by atoms with E-state index in [0.717, 1.165) is 12.8 Å². The molecule has 1 N–H and O–H groups in total. The van der Waals surface area contributed by atoms with Gasteiger partial charge in [-0.05, 0) is 12.8 Å². The van der Waals surface area contributed by atoms with Gasteiger partial charge in [-0.15, -0.1) is 0 Å². The van der Waals surface area contributed by atoms with Crippen molar-refractivity contribution in [3.8, 4) is 0 Å². The number of nitrogens with one attached hydrogen (secondary N) is 1. The highest BCUT2D eigenvalue weighted by molar-refractivity contribution is 4.87. The van der Waals surface area contributed by atoms with Crippen molar-refractivity contribution in [1.82, 2.24) is 9.55 Å². The molecular formula is C11H16N2O3. The Labute approximate surface area is 93.1 Å². The van der Waals surface area contributed by atoms with E-state index in [9.17, 15) is 9.59 Å². The third-order valence-corrected chi connectivity index (χ3v) is 3.03. The van der Waals surface area contributed by atoms with E-state index in [-0.39, 0.29) is 23.8 Å². The second kappa shape index (κ2) is 4.25. The van der Waals surface area contributed by atoms with Gasteiger partial charge in [-0.1, -0.05) is 13.8 Å². The number of hydrogen-bond donors (Lipinski definition) is 1. The smallest absolute Gasteiger partial charge is 0.330 e. The zero-order chi connectivity index (χ0) is 11.7. The molecule has 1 aliphatic rings. The molecule has 1 aromatic rings. The van der Waals surface area contributed by atoms with E-state index in [1.165, 1.54) is 16.8 Å². The van der Waals surface area contributed by atoms with Gasteiger partial charge in [0, 0.05) is 18.2 Å². The number of aromatic amines is 1. The summed E-state index contributed by atoms with van der Waals surface area (Å²) < 4.78 is 7.23. The van der Waals surface area contributed by atoms with E-state index < -0.39 is 5.69 Å². The Hall–Kier alpha value is -1.36. The molecule has 5 nitrogen and oxygen atoms in total. The second-order valence-electron chi connectivity index (χ2n) is 4.29. The lowest BCUT2D eigenvalue weighted by atomic mass is 10.0. The van der Waals surface area contributed by atoms with Gasteiger partial charge < -0.3 is 4.74 Å². The van der Waals surface area contributed by atoms with E-state index in [1.807, 2.05) is 0 Å². The van der Waals surface area contributed by atoms with Crippen LogP contribution in [0.15, 0.2) is 21.9 Å². The van der Waals surface area contributed by atoms with E-state index in [2.05, 4.69) is 18.8 Å². The van der Waals surface area contributed by atoms with Crippen LogP contribution >= 0.6 is 0 Å². The monoisotopic (exact) mass is 224 g/mol. The second-order valence-corrected chi connectivity index (χ2v) is 4.29. The first kappa shape index (κ1) is 11.1. The normalized spacial score (nSPS) is 29.5. The maximum Gasteiger partial charge on any atom is 0.330 e. The first-order valence-electron chi connectivity index (χ1n) is 5.58.